The fourth-order valence-electron chi connectivity index (χ4n) is 3.49. The molecule has 0 aromatic rings. The van der Waals surface area contributed by atoms with E-state index < -0.39 is 0 Å². The Hall–Kier alpha value is -0.0800. The molecule has 1 aliphatic rings. The van der Waals surface area contributed by atoms with Crippen molar-refractivity contribution in [2.45, 2.75) is 66.3 Å². The van der Waals surface area contributed by atoms with Gasteiger partial charge in [0.05, 0.1) is 0 Å². The fraction of sp³-hybridized carbons (Fsp3) is 1.00. The van der Waals surface area contributed by atoms with Crippen molar-refractivity contribution in [2.75, 3.05) is 26.2 Å². The fourth-order valence-corrected chi connectivity index (χ4v) is 3.49. The predicted octanol–water partition coefficient (Wildman–Crippen LogP) is 3.52. The molecule has 0 radical (unpaired) electrons. The summed E-state index contributed by atoms with van der Waals surface area (Å²) in [7, 11) is 0. The maximum absolute atomic E-state index is 3.63. The molecule has 0 saturated carbocycles. The monoisotopic (exact) mass is 254 g/mol. The minimum Gasteiger partial charge on any atom is -0.316 e. The lowest BCUT2D eigenvalue weighted by Gasteiger charge is -2.36. The summed E-state index contributed by atoms with van der Waals surface area (Å²) >= 11 is 0. The number of nitrogens with one attached hydrogen (secondary N) is 1. The van der Waals surface area contributed by atoms with Crippen molar-refractivity contribution in [3.63, 3.8) is 0 Å². The zero-order valence-corrected chi connectivity index (χ0v) is 13.3. The molecule has 1 saturated heterocycles. The first kappa shape index (κ1) is 16.0. The lowest BCUT2D eigenvalue weighted by Crippen LogP contribution is -2.43. The highest BCUT2D eigenvalue weighted by Gasteiger charge is 2.32. The van der Waals surface area contributed by atoms with Crippen molar-refractivity contribution in [3.8, 4) is 0 Å². The molecular formula is C16H34N2. The minimum atomic E-state index is 0.447. The summed E-state index contributed by atoms with van der Waals surface area (Å²) in [4.78, 5) is 2.72. The second-order valence-electron chi connectivity index (χ2n) is 6.86. The molecule has 3 unspecified atom stereocenters. The minimum absolute atomic E-state index is 0.447. The summed E-state index contributed by atoms with van der Waals surface area (Å²) in [5, 5.41) is 3.63. The van der Waals surface area contributed by atoms with Crippen LogP contribution in [0.2, 0.25) is 0 Å². The van der Waals surface area contributed by atoms with E-state index in [-0.39, 0.29) is 0 Å². The third-order valence-electron chi connectivity index (χ3n) is 4.33. The van der Waals surface area contributed by atoms with E-state index in [0.29, 0.717) is 5.41 Å². The largest absolute Gasteiger partial charge is 0.316 e. The molecule has 1 heterocycles. The van der Waals surface area contributed by atoms with Crippen molar-refractivity contribution in [2.24, 2.45) is 11.3 Å². The highest BCUT2D eigenvalue weighted by Crippen LogP contribution is 2.30. The molecule has 2 heteroatoms. The first-order valence-electron chi connectivity index (χ1n) is 7.95. The quantitative estimate of drug-likeness (QED) is 0.667. The Morgan fingerprint density at radius 2 is 1.94 bits per heavy atom. The van der Waals surface area contributed by atoms with Crippen LogP contribution in [0.25, 0.3) is 0 Å². The van der Waals surface area contributed by atoms with E-state index in [2.05, 4.69) is 44.8 Å². The molecule has 18 heavy (non-hydrogen) atoms. The standard InChI is InChI=1S/C16H34N2/c1-6-8-16(5,12-17-9-7-2)13-18-11-14(3)10-15(18)4/h14-15,17H,6-13H2,1-5H3. The second kappa shape index (κ2) is 7.49. The van der Waals surface area contributed by atoms with Crippen molar-refractivity contribution < 1.29 is 0 Å². The van der Waals surface area contributed by atoms with Crippen molar-refractivity contribution in [3.05, 3.63) is 0 Å². The Balaban J connectivity index is 2.49. The first-order valence-corrected chi connectivity index (χ1v) is 7.95. The van der Waals surface area contributed by atoms with Gasteiger partial charge in [-0.1, -0.05) is 34.1 Å². The summed E-state index contributed by atoms with van der Waals surface area (Å²) < 4.78 is 0. The number of likely N-dealkylation sites (tertiary alicyclic amines) is 1. The maximum atomic E-state index is 3.63. The molecule has 2 nitrogen and oxygen atoms in total. The van der Waals surface area contributed by atoms with Crippen LogP contribution in [0.5, 0.6) is 0 Å². The van der Waals surface area contributed by atoms with Crippen LogP contribution in [0, 0.1) is 11.3 Å². The number of nitrogens with zero attached hydrogens (tertiary/aromatic N) is 1. The smallest absolute Gasteiger partial charge is 0.00702 e. The molecule has 0 aromatic carbocycles. The van der Waals surface area contributed by atoms with Gasteiger partial charge in [0, 0.05) is 25.7 Å². The zero-order chi connectivity index (χ0) is 13.6. The van der Waals surface area contributed by atoms with E-state index in [1.807, 2.05) is 0 Å². The normalized spacial score (nSPS) is 28.5. The molecule has 0 aromatic heterocycles. The van der Waals surface area contributed by atoms with Gasteiger partial charge in [0.1, 0.15) is 0 Å². The molecule has 108 valence electrons. The molecule has 0 amide bonds. The van der Waals surface area contributed by atoms with Crippen molar-refractivity contribution in [1.29, 1.82) is 0 Å². The topological polar surface area (TPSA) is 15.3 Å². The van der Waals surface area contributed by atoms with Crippen LogP contribution in [0.4, 0.5) is 0 Å². The van der Waals surface area contributed by atoms with Crippen LogP contribution in [0.3, 0.4) is 0 Å². The average molecular weight is 254 g/mol. The summed E-state index contributed by atoms with van der Waals surface area (Å²) in [5.41, 5.74) is 0.447. The molecule has 1 rings (SSSR count). The predicted molar refractivity (Wildman–Crippen MR) is 81.0 cm³/mol. The highest BCUT2D eigenvalue weighted by atomic mass is 15.2. The molecule has 0 aliphatic carbocycles. The Bertz CT molecular complexity index is 229. The van der Waals surface area contributed by atoms with Crippen molar-refractivity contribution >= 4 is 0 Å². The van der Waals surface area contributed by atoms with E-state index in [4.69, 9.17) is 0 Å². The average Bonchev–Trinajstić information content (AvgIpc) is 2.58. The van der Waals surface area contributed by atoms with E-state index in [1.165, 1.54) is 45.3 Å². The molecular weight excluding hydrogens is 220 g/mol. The lowest BCUT2D eigenvalue weighted by atomic mass is 9.84. The van der Waals surface area contributed by atoms with Gasteiger partial charge >= 0.3 is 0 Å². The van der Waals surface area contributed by atoms with Crippen LogP contribution in [0.1, 0.15) is 60.3 Å². The van der Waals surface area contributed by atoms with Crippen LogP contribution >= 0.6 is 0 Å². The Morgan fingerprint density at radius 1 is 1.22 bits per heavy atom. The first-order chi connectivity index (χ1) is 8.50. The van der Waals surface area contributed by atoms with Gasteiger partial charge in [-0.25, -0.2) is 0 Å². The summed E-state index contributed by atoms with van der Waals surface area (Å²) in [5.74, 6) is 0.884. The molecule has 0 bridgehead atoms. The zero-order valence-electron chi connectivity index (χ0n) is 13.3. The van der Waals surface area contributed by atoms with Gasteiger partial charge in [0.15, 0.2) is 0 Å². The van der Waals surface area contributed by atoms with Gasteiger partial charge in [-0.2, -0.15) is 0 Å². The Labute approximate surface area is 115 Å². The number of hydrogen-bond donors (Lipinski definition) is 1. The molecule has 0 spiro atoms. The van der Waals surface area contributed by atoms with Gasteiger partial charge in [-0.05, 0) is 44.1 Å². The van der Waals surface area contributed by atoms with Crippen LogP contribution < -0.4 is 5.32 Å². The summed E-state index contributed by atoms with van der Waals surface area (Å²) in [6, 6.07) is 0.780. The third-order valence-corrected chi connectivity index (χ3v) is 4.33. The van der Waals surface area contributed by atoms with Crippen LogP contribution in [0.15, 0.2) is 0 Å². The van der Waals surface area contributed by atoms with Gasteiger partial charge < -0.3 is 5.32 Å². The molecule has 1 N–H and O–H groups in total. The van der Waals surface area contributed by atoms with E-state index in [0.717, 1.165) is 18.5 Å². The SMILES string of the molecule is CCCNCC(C)(CCC)CN1CC(C)CC1C. The van der Waals surface area contributed by atoms with Crippen molar-refractivity contribution in [1.82, 2.24) is 10.2 Å². The second-order valence-corrected chi connectivity index (χ2v) is 6.86. The Morgan fingerprint density at radius 3 is 2.44 bits per heavy atom. The summed E-state index contributed by atoms with van der Waals surface area (Å²) in [6.45, 7) is 16.7. The summed E-state index contributed by atoms with van der Waals surface area (Å²) in [6.07, 6.45) is 5.24. The highest BCUT2D eigenvalue weighted by molar-refractivity contribution is 4.87. The molecule has 1 fully saturated rings. The third kappa shape index (κ3) is 4.89. The van der Waals surface area contributed by atoms with E-state index >= 15 is 0 Å². The van der Waals surface area contributed by atoms with Crippen LogP contribution in [-0.2, 0) is 0 Å². The van der Waals surface area contributed by atoms with Gasteiger partial charge in [-0.3, -0.25) is 4.90 Å². The Kier molecular flexibility index (Phi) is 6.65. The number of hydrogen-bond acceptors (Lipinski definition) is 2. The van der Waals surface area contributed by atoms with E-state index in [1.54, 1.807) is 0 Å². The van der Waals surface area contributed by atoms with E-state index in [9.17, 15) is 0 Å². The van der Waals surface area contributed by atoms with Crippen LogP contribution in [-0.4, -0.2) is 37.1 Å². The molecule has 3 atom stereocenters. The molecule has 1 aliphatic heterocycles. The number of rotatable bonds is 8. The van der Waals surface area contributed by atoms with Gasteiger partial charge in [0.25, 0.3) is 0 Å². The lowest BCUT2D eigenvalue weighted by molar-refractivity contribution is 0.143. The van der Waals surface area contributed by atoms with Gasteiger partial charge in [-0.15, -0.1) is 0 Å². The van der Waals surface area contributed by atoms with Gasteiger partial charge in [0.2, 0.25) is 0 Å². The maximum Gasteiger partial charge on any atom is 0.00702 e.